The van der Waals surface area contributed by atoms with Gasteiger partial charge in [-0.1, -0.05) is 43.1 Å². The van der Waals surface area contributed by atoms with Crippen molar-refractivity contribution in [1.29, 1.82) is 0 Å². The van der Waals surface area contributed by atoms with Crippen molar-refractivity contribution in [3.8, 4) is 0 Å². The highest BCUT2D eigenvalue weighted by atomic mass is 35.5. The summed E-state index contributed by atoms with van der Waals surface area (Å²) in [5.74, 6) is 1.73. The lowest BCUT2D eigenvalue weighted by Crippen LogP contribution is -2.35. The summed E-state index contributed by atoms with van der Waals surface area (Å²) in [4.78, 5) is 0. The molecule has 1 aliphatic rings. The van der Waals surface area contributed by atoms with E-state index in [0.29, 0.717) is 22.1 Å². The summed E-state index contributed by atoms with van der Waals surface area (Å²) >= 11 is 12.1. The van der Waals surface area contributed by atoms with Gasteiger partial charge in [-0.2, -0.15) is 0 Å². The molecule has 1 aliphatic carbocycles. The van der Waals surface area contributed by atoms with Crippen molar-refractivity contribution in [2.45, 2.75) is 58.5 Å². The molecule has 112 valence electrons. The van der Waals surface area contributed by atoms with E-state index in [2.05, 4.69) is 32.2 Å². The van der Waals surface area contributed by atoms with E-state index in [0.717, 1.165) is 11.8 Å². The second-order valence-corrected chi connectivity index (χ2v) is 7.23. The van der Waals surface area contributed by atoms with E-state index in [1.54, 1.807) is 0 Å². The zero-order valence-electron chi connectivity index (χ0n) is 12.6. The van der Waals surface area contributed by atoms with Gasteiger partial charge in [0.05, 0.1) is 10.0 Å². The van der Waals surface area contributed by atoms with Crippen LogP contribution in [0.5, 0.6) is 0 Å². The zero-order chi connectivity index (χ0) is 14.7. The van der Waals surface area contributed by atoms with Crippen molar-refractivity contribution in [2.75, 3.05) is 0 Å². The first-order valence-corrected chi connectivity index (χ1v) is 8.44. The van der Waals surface area contributed by atoms with Gasteiger partial charge in [0.2, 0.25) is 0 Å². The lowest BCUT2D eigenvalue weighted by Gasteiger charge is -2.33. The third-order valence-electron chi connectivity index (χ3n) is 4.64. The molecule has 0 bridgehead atoms. The summed E-state index contributed by atoms with van der Waals surface area (Å²) < 4.78 is 0. The molecule has 0 saturated heterocycles. The SMILES string of the molecule is CC(NC1CCC(C(C)C)CC1)c1ccc(Cl)c(Cl)c1. The summed E-state index contributed by atoms with van der Waals surface area (Å²) in [6.45, 7) is 6.89. The minimum atomic E-state index is 0.324. The van der Waals surface area contributed by atoms with Crippen LogP contribution in [0.3, 0.4) is 0 Å². The minimum absolute atomic E-state index is 0.324. The number of hydrogen-bond donors (Lipinski definition) is 1. The Balaban J connectivity index is 1.89. The normalized spacial score (nSPS) is 24.9. The largest absolute Gasteiger partial charge is 0.307 e. The molecule has 3 heteroatoms. The molecule has 0 radical (unpaired) electrons. The van der Waals surface area contributed by atoms with E-state index in [1.165, 1.54) is 31.2 Å². The molecule has 1 aromatic carbocycles. The third kappa shape index (κ3) is 4.13. The van der Waals surface area contributed by atoms with Crippen LogP contribution in [0.25, 0.3) is 0 Å². The summed E-state index contributed by atoms with van der Waals surface area (Å²) in [6, 6.07) is 6.87. The van der Waals surface area contributed by atoms with Gasteiger partial charge in [0.1, 0.15) is 0 Å². The Bertz CT molecular complexity index is 437. The quantitative estimate of drug-likeness (QED) is 0.734. The molecule has 1 fully saturated rings. The average Bonchev–Trinajstić information content (AvgIpc) is 2.42. The van der Waals surface area contributed by atoms with E-state index in [1.807, 2.05) is 12.1 Å². The van der Waals surface area contributed by atoms with Crippen LogP contribution in [0.4, 0.5) is 0 Å². The van der Waals surface area contributed by atoms with Crippen LogP contribution in [0.15, 0.2) is 18.2 Å². The molecular formula is C17H25Cl2N. The van der Waals surface area contributed by atoms with Crippen molar-refractivity contribution < 1.29 is 0 Å². The molecule has 2 rings (SSSR count). The van der Waals surface area contributed by atoms with Gasteiger partial charge in [0, 0.05) is 12.1 Å². The zero-order valence-corrected chi connectivity index (χ0v) is 14.1. The Kier molecular flexibility index (Phi) is 5.77. The highest BCUT2D eigenvalue weighted by Crippen LogP contribution is 2.31. The first kappa shape index (κ1) is 16.1. The molecule has 1 aromatic rings. The van der Waals surface area contributed by atoms with Crippen molar-refractivity contribution in [1.82, 2.24) is 5.32 Å². The lowest BCUT2D eigenvalue weighted by atomic mass is 9.79. The van der Waals surface area contributed by atoms with Crippen LogP contribution < -0.4 is 5.32 Å². The Morgan fingerprint density at radius 3 is 2.20 bits per heavy atom. The fourth-order valence-corrected chi connectivity index (χ4v) is 3.49. The Hall–Kier alpha value is -0.240. The van der Waals surface area contributed by atoms with Crippen molar-refractivity contribution in [2.24, 2.45) is 11.8 Å². The van der Waals surface area contributed by atoms with Gasteiger partial charge in [-0.05, 0) is 62.1 Å². The number of halogens is 2. The summed E-state index contributed by atoms with van der Waals surface area (Å²) in [5.41, 5.74) is 1.21. The topological polar surface area (TPSA) is 12.0 Å². The second kappa shape index (κ2) is 7.15. The van der Waals surface area contributed by atoms with E-state index in [9.17, 15) is 0 Å². The monoisotopic (exact) mass is 313 g/mol. The predicted octanol–water partition coefficient (Wildman–Crippen LogP) is 5.86. The molecular weight excluding hydrogens is 289 g/mol. The highest BCUT2D eigenvalue weighted by Gasteiger charge is 2.24. The molecule has 1 nitrogen and oxygen atoms in total. The fourth-order valence-electron chi connectivity index (χ4n) is 3.18. The molecule has 0 spiro atoms. The molecule has 1 atom stereocenters. The molecule has 1 unspecified atom stereocenters. The average molecular weight is 314 g/mol. The van der Waals surface area contributed by atoms with Crippen LogP contribution in [0.1, 0.15) is 58.1 Å². The first-order chi connectivity index (χ1) is 9.47. The van der Waals surface area contributed by atoms with Gasteiger partial charge in [-0.15, -0.1) is 0 Å². The van der Waals surface area contributed by atoms with Gasteiger partial charge in [0.25, 0.3) is 0 Å². The third-order valence-corrected chi connectivity index (χ3v) is 5.38. The van der Waals surface area contributed by atoms with Crippen LogP contribution in [0.2, 0.25) is 10.0 Å². The van der Waals surface area contributed by atoms with Gasteiger partial charge >= 0.3 is 0 Å². The van der Waals surface area contributed by atoms with Gasteiger partial charge in [-0.3, -0.25) is 0 Å². The van der Waals surface area contributed by atoms with Crippen LogP contribution in [0, 0.1) is 11.8 Å². The number of nitrogens with one attached hydrogen (secondary N) is 1. The maximum Gasteiger partial charge on any atom is 0.0595 e. The van der Waals surface area contributed by atoms with E-state index >= 15 is 0 Å². The molecule has 0 amide bonds. The van der Waals surface area contributed by atoms with Gasteiger partial charge < -0.3 is 5.32 Å². The summed E-state index contributed by atoms with van der Waals surface area (Å²) in [5, 5.41) is 5.00. The standard InChI is InChI=1S/C17H25Cl2N/c1-11(2)13-4-7-15(8-5-13)20-12(3)14-6-9-16(18)17(19)10-14/h6,9-13,15,20H,4-5,7-8H2,1-3H3. The summed E-state index contributed by atoms with van der Waals surface area (Å²) in [7, 11) is 0. The number of rotatable bonds is 4. The van der Waals surface area contributed by atoms with Gasteiger partial charge in [0.15, 0.2) is 0 Å². The number of hydrogen-bond acceptors (Lipinski definition) is 1. The second-order valence-electron chi connectivity index (χ2n) is 6.42. The number of benzene rings is 1. The van der Waals surface area contributed by atoms with Crippen molar-refractivity contribution in [3.63, 3.8) is 0 Å². The van der Waals surface area contributed by atoms with Crippen LogP contribution in [-0.4, -0.2) is 6.04 Å². The van der Waals surface area contributed by atoms with E-state index < -0.39 is 0 Å². The van der Waals surface area contributed by atoms with Crippen molar-refractivity contribution >= 4 is 23.2 Å². The van der Waals surface area contributed by atoms with Crippen molar-refractivity contribution in [3.05, 3.63) is 33.8 Å². The van der Waals surface area contributed by atoms with E-state index in [-0.39, 0.29) is 0 Å². The first-order valence-electron chi connectivity index (χ1n) is 7.68. The maximum absolute atomic E-state index is 6.09. The molecule has 0 heterocycles. The van der Waals surface area contributed by atoms with Gasteiger partial charge in [-0.25, -0.2) is 0 Å². The van der Waals surface area contributed by atoms with E-state index in [4.69, 9.17) is 23.2 Å². The highest BCUT2D eigenvalue weighted by molar-refractivity contribution is 6.42. The molecule has 0 aliphatic heterocycles. The molecule has 20 heavy (non-hydrogen) atoms. The molecule has 1 saturated carbocycles. The Morgan fingerprint density at radius 1 is 1.00 bits per heavy atom. The predicted molar refractivity (Wildman–Crippen MR) is 88.6 cm³/mol. The molecule has 1 N–H and O–H groups in total. The molecule has 0 aromatic heterocycles. The Labute approximate surface area is 133 Å². The maximum atomic E-state index is 6.09. The minimum Gasteiger partial charge on any atom is -0.307 e. The van der Waals surface area contributed by atoms with Crippen LogP contribution in [-0.2, 0) is 0 Å². The Morgan fingerprint density at radius 2 is 1.65 bits per heavy atom. The summed E-state index contributed by atoms with van der Waals surface area (Å²) in [6.07, 6.45) is 5.27. The fraction of sp³-hybridized carbons (Fsp3) is 0.647. The smallest absolute Gasteiger partial charge is 0.0595 e. The van der Waals surface area contributed by atoms with Crippen LogP contribution >= 0.6 is 23.2 Å². The lowest BCUT2D eigenvalue weighted by molar-refractivity contribution is 0.231.